The van der Waals surface area contributed by atoms with Crippen LogP contribution >= 0.6 is 11.3 Å². The molecule has 4 heterocycles. The van der Waals surface area contributed by atoms with Crippen molar-refractivity contribution in [3.8, 4) is 16.5 Å². The molecule has 4 aromatic rings. The third kappa shape index (κ3) is 5.71. The Morgan fingerprint density at radius 1 is 1.17 bits per heavy atom. The second-order valence-corrected chi connectivity index (χ2v) is 13.5. The number of ether oxygens (including phenoxy) is 2. The predicted octanol–water partition coefficient (Wildman–Crippen LogP) is 5.01. The Morgan fingerprint density at radius 2 is 1.89 bits per heavy atom. The molecule has 1 N–H and O–H groups in total. The quantitative estimate of drug-likeness (QED) is 0.254. The molecule has 0 radical (unpaired) electrons. The number of hydrogen-bond acceptors (Lipinski definition) is 9. The first-order valence-corrected chi connectivity index (χ1v) is 16.9. The Morgan fingerprint density at radius 3 is 2.54 bits per heavy atom. The maximum absolute atomic E-state index is 14.8. The van der Waals surface area contributed by atoms with Crippen molar-refractivity contribution in [3.05, 3.63) is 68.7 Å². The van der Waals surface area contributed by atoms with Crippen LogP contribution in [0.4, 0.5) is 0 Å². The molecule has 1 amide bonds. The first kappa shape index (κ1) is 32.2. The van der Waals surface area contributed by atoms with Crippen molar-refractivity contribution in [2.75, 3.05) is 20.2 Å². The normalized spacial score (nSPS) is 20.6. The lowest BCUT2D eigenvalue weighted by molar-refractivity contribution is -0.139. The van der Waals surface area contributed by atoms with Crippen molar-refractivity contribution in [1.29, 1.82) is 0 Å². The minimum Gasteiger partial charge on any atom is -0.496 e. The van der Waals surface area contributed by atoms with E-state index in [1.54, 1.807) is 29.7 Å². The lowest BCUT2D eigenvalue weighted by Crippen LogP contribution is -2.57. The number of aliphatic hydroxyl groups is 1. The maximum atomic E-state index is 14.8. The Labute approximate surface area is 271 Å². The molecule has 12 heteroatoms. The number of benzene rings is 1. The van der Waals surface area contributed by atoms with Crippen LogP contribution in [0.3, 0.4) is 0 Å². The number of hydrogen-bond donors (Lipinski definition) is 1. The molecule has 1 unspecified atom stereocenters. The van der Waals surface area contributed by atoms with Crippen LogP contribution in [-0.2, 0) is 21.6 Å². The first-order valence-electron chi connectivity index (χ1n) is 16.1. The van der Waals surface area contributed by atoms with E-state index in [0.717, 1.165) is 18.4 Å². The van der Waals surface area contributed by atoms with Gasteiger partial charge in [0, 0.05) is 18.7 Å². The van der Waals surface area contributed by atoms with Gasteiger partial charge < -0.3 is 23.9 Å². The van der Waals surface area contributed by atoms with E-state index in [4.69, 9.17) is 13.9 Å². The lowest BCUT2D eigenvalue weighted by atomic mass is 9.94. The van der Waals surface area contributed by atoms with E-state index in [2.05, 4.69) is 4.98 Å². The zero-order valence-corrected chi connectivity index (χ0v) is 27.7. The fourth-order valence-electron chi connectivity index (χ4n) is 6.87. The number of oxazole rings is 1. The lowest BCUT2D eigenvalue weighted by Gasteiger charge is -2.34. The Kier molecular flexibility index (Phi) is 9.22. The van der Waals surface area contributed by atoms with Crippen LogP contribution in [0.5, 0.6) is 5.75 Å². The van der Waals surface area contributed by atoms with Gasteiger partial charge in [-0.2, -0.15) is 0 Å². The predicted molar refractivity (Wildman–Crippen MR) is 175 cm³/mol. The fraction of sp³-hybridized carbons (Fsp3) is 0.529. The van der Waals surface area contributed by atoms with E-state index >= 15 is 0 Å². The third-order valence-electron chi connectivity index (χ3n) is 9.71. The number of carbonyl (C=O) groups excluding carboxylic acids is 1. The van der Waals surface area contributed by atoms with Gasteiger partial charge in [-0.1, -0.05) is 25.1 Å². The highest BCUT2D eigenvalue weighted by Gasteiger charge is 2.42. The Balaban J connectivity index is 1.57. The minimum atomic E-state index is -1.40. The van der Waals surface area contributed by atoms with Gasteiger partial charge in [0.25, 0.3) is 5.56 Å². The number of aromatic nitrogens is 3. The number of para-hydroxylation sites is 1. The summed E-state index contributed by atoms with van der Waals surface area (Å²) in [5.74, 6) is 0.747. The summed E-state index contributed by atoms with van der Waals surface area (Å²) in [4.78, 5) is 50.6. The molecule has 3 aromatic heterocycles. The maximum Gasteiger partial charge on any atom is 0.333 e. The average molecular weight is 651 g/mol. The number of aliphatic hydroxyl groups excluding tert-OH is 1. The van der Waals surface area contributed by atoms with E-state index in [0.29, 0.717) is 71.1 Å². The number of fused-ring (bicyclic) bond motifs is 1. The topological polar surface area (TPSA) is 129 Å². The fourth-order valence-corrected chi connectivity index (χ4v) is 8.12. The van der Waals surface area contributed by atoms with Gasteiger partial charge in [-0.3, -0.25) is 14.2 Å². The molecule has 2 fully saturated rings. The Hall–Kier alpha value is -3.74. The summed E-state index contributed by atoms with van der Waals surface area (Å²) in [5, 5.41) is 10.5. The van der Waals surface area contributed by atoms with Crippen LogP contribution in [0.1, 0.15) is 76.0 Å². The van der Waals surface area contributed by atoms with Gasteiger partial charge in [0.15, 0.2) is 0 Å². The van der Waals surface area contributed by atoms with E-state index in [-0.39, 0.29) is 31.1 Å². The van der Waals surface area contributed by atoms with Crippen LogP contribution in [0, 0.1) is 6.92 Å². The molecule has 1 saturated heterocycles. The summed E-state index contributed by atoms with van der Waals surface area (Å²) in [5.41, 5.74) is -1.07. The number of aryl methyl sites for hydroxylation is 1. The molecule has 1 aliphatic heterocycles. The average Bonchev–Trinajstić information content (AvgIpc) is 3.85. The van der Waals surface area contributed by atoms with Gasteiger partial charge in [-0.25, -0.2) is 14.3 Å². The molecule has 11 nitrogen and oxygen atoms in total. The molecule has 2 aliphatic rings. The first-order chi connectivity index (χ1) is 22.2. The number of rotatable bonds is 10. The summed E-state index contributed by atoms with van der Waals surface area (Å²) >= 11 is 1.27. The highest BCUT2D eigenvalue weighted by Crippen LogP contribution is 2.38. The van der Waals surface area contributed by atoms with Crippen molar-refractivity contribution in [2.45, 2.75) is 96.1 Å². The summed E-state index contributed by atoms with van der Waals surface area (Å²) in [7, 11) is 1.60. The molecular formula is C34H42N4O7S. The molecule has 46 heavy (non-hydrogen) atoms. The van der Waals surface area contributed by atoms with Crippen molar-refractivity contribution in [3.63, 3.8) is 0 Å². The van der Waals surface area contributed by atoms with Crippen molar-refractivity contribution in [2.24, 2.45) is 0 Å². The van der Waals surface area contributed by atoms with Crippen LogP contribution in [0.25, 0.3) is 21.0 Å². The SMILES string of the molecule is CCC(C)(C(=O)N1CCCC1)n1c(=O)c2c(C)c(-c3ncco3)sc2n(C[C@H](OC2CCC(O)CC2)c2ccccc2OC)c1=O. The summed E-state index contributed by atoms with van der Waals surface area (Å²) < 4.78 is 20.9. The molecule has 246 valence electrons. The second-order valence-electron chi connectivity index (χ2n) is 12.5. The van der Waals surface area contributed by atoms with E-state index < -0.39 is 22.9 Å². The molecular weight excluding hydrogens is 608 g/mol. The molecule has 0 spiro atoms. The van der Waals surface area contributed by atoms with Gasteiger partial charge in [0.2, 0.25) is 11.8 Å². The van der Waals surface area contributed by atoms with Crippen molar-refractivity contribution >= 4 is 27.5 Å². The number of nitrogens with zero attached hydrogens (tertiary/aromatic N) is 4. The van der Waals surface area contributed by atoms with Gasteiger partial charge in [0.05, 0.1) is 42.3 Å². The zero-order valence-electron chi connectivity index (χ0n) is 26.9. The largest absolute Gasteiger partial charge is 0.496 e. The van der Waals surface area contributed by atoms with Crippen LogP contribution < -0.4 is 16.0 Å². The molecule has 1 aromatic carbocycles. The van der Waals surface area contributed by atoms with Crippen LogP contribution in [0.15, 0.2) is 50.7 Å². The number of methoxy groups -OCH3 is 1. The molecule has 0 bridgehead atoms. The standard InChI is InChI=1S/C34H42N4O7S/c1-5-34(3,32(41)36-17-8-9-18-36)38-30(40)27-21(2)28(29-35-16-19-44-29)46-31(27)37(33(38)42)20-26(24-10-6-7-11-25(24)43-4)45-23-14-12-22(39)13-15-23/h6-7,10-11,16,19,22-23,26,39H,5,8-9,12-15,17-18,20H2,1-4H3/t22?,23?,26-,34?/m0/s1. The van der Waals surface area contributed by atoms with Gasteiger partial charge in [-0.15, -0.1) is 11.3 Å². The molecule has 2 atom stereocenters. The highest BCUT2D eigenvalue weighted by molar-refractivity contribution is 7.22. The minimum absolute atomic E-state index is 0.0672. The van der Waals surface area contributed by atoms with E-state index in [9.17, 15) is 19.5 Å². The number of thiophene rings is 1. The summed E-state index contributed by atoms with van der Waals surface area (Å²) in [6.07, 6.45) is 6.58. The Bertz CT molecular complexity index is 1810. The highest BCUT2D eigenvalue weighted by atomic mass is 32.1. The molecule has 6 rings (SSSR count). The monoisotopic (exact) mass is 650 g/mol. The van der Waals surface area contributed by atoms with E-state index in [1.807, 2.05) is 38.1 Å². The van der Waals surface area contributed by atoms with Gasteiger partial charge in [-0.05, 0) is 70.4 Å². The molecule has 1 aliphatic carbocycles. The number of carbonyl (C=O) groups is 1. The van der Waals surface area contributed by atoms with Crippen LogP contribution in [-0.4, -0.2) is 62.4 Å². The summed E-state index contributed by atoms with van der Waals surface area (Å²) in [6, 6.07) is 7.55. The van der Waals surface area contributed by atoms with Crippen molar-refractivity contribution in [1.82, 2.24) is 19.0 Å². The van der Waals surface area contributed by atoms with E-state index in [1.165, 1.54) is 22.2 Å². The summed E-state index contributed by atoms with van der Waals surface area (Å²) in [6.45, 7) is 6.64. The second kappa shape index (κ2) is 13.2. The van der Waals surface area contributed by atoms with Gasteiger partial charge >= 0.3 is 5.69 Å². The molecule has 1 saturated carbocycles. The third-order valence-corrected chi connectivity index (χ3v) is 11.0. The zero-order chi connectivity index (χ0) is 32.6. The smallest absolute Gasteiger partial charge is 0.333 e. The van der Waals surface area contributed by atoms with Gasteiger partial charge in [0.1, 0.15) is 28.5 Å². The number of amides is 1. The van der Waals surface area contributed by atoms with Crippen LogP contribution in [0.2, 0.25) is 0 Å². The van der Waals surface area contributed by atoms with Crippen molar-refractivity contribution < 1.29 is 23.8 Å². The number of likely N-dealkylation sites (tertiary alicyclic amines) is 1.